The van der Waals surface area contributed by atoms with Crippen molar-refractivity contribution in [3.05, 3.63) is 127 Å². The Hall–Kier alpha value is -4.81. The molecular formula is C38H20ClN3S2. The normalized spacial score (nSPS) is 12.2. The first-order valence-corrected chi connectivity index (χ1v) is 16.5. The molecular weight excluding hydrogens is 598 g/mol. The van der Waals surface area contributed by atoms with Crippen LogP contribution in [0.2, 0.25) is 5.28 Å². The zero-order valence-electron chi connectivity index (χ0n) is 23.1. The van der Waals surface area contributed by atoms with E-state index in [1.807, 2.05) is 17.4 Å². The maximum absolute atomic E-state index is 6.56. The number of thiophene rings is 2. The Kier molecular flexibility index (Phi) is 5.09. The zero-order chi connectivity index (χ0) is 28.9. The Morgan fingerprint density at radius 3 is 2.05 bits per heavy atom. The summed E-state index contributed by atoms with van der Waals surface area (Å²) in [5.74, 6) is 0. The molecule has 6 heteroatoms. The fourth-order valence-electron chi connectivity index (χ4n) is 6.94. The summed E-state index contributed by atoms with van der Waals surface area (Å²) in [7, 11) is 0. The van der Waals surface area contributed by atoms with Crippen LogP contribution in [0.4, 0.5) is 0 Å². The van der Waals surface area contributed by atoms with Gasteiger partial charge >= 0.3 is 0 Å². The number of hydrogen-bond donors (Lipinski definition) is 0. The number of benzene rings is 6. The minimum atomic E-state index is 0.260. The van der Waals surface area contributed by atoms with Crippen LogP contribution >= 0.6 is 34.3 Å². The van der Waals surface area contributed by atoms with Crippen molar-refractivity contribution in [3.8, 4) is 16.9 Å². The summed E-state index contributed by atoms with van der Waals surface area (Å²) < 4.78 is 7.32. The van der Waals surface area contributed by atoms with E-state index in [0.29, 0.717) is 0 Å². The molecule has 0 aliphatic heterocycles. The van der Waals surface area contributed by atoms with E-state index in [9.17, 15) is 0 Å². The maximum atomic E-state index is 6.56. The van der Waals surface area contributed by atoms with Crippen molar-refractivity contribution in [2.45, 2.75) is 0 Å². The monoisotopic (exact) mass is 617 g/mol. The second kappa shape index (κ2) is 9.10. The van der Waals surface area contributed by atoms with Crippen molar-refractivity contribution >= 4 is 107 Å². The standard InChI is InChI=1S/C38H20ClN3S2/c39-38-40-33(37-34(41-38)27-16-5-8-19-30(27)44-37)21-10-9-11-22(20-21)42-28-17-6-3-14-25(28)31-32-26-15-4-7-18-29(26)43-36(32)24-13-2-1-12-23(24)35(31)42/h1-20H. The van der Waals surface area contributed by atoms with Crippen molar-refractivity contribution in [1.82, 2.24) is 14.5 Å². The Balaban J connectivity index is 1.35. The first kappa shape index (κ1) is 24.6. The van der Waals surface area contributed by atoms with Gasteiger partial charge in [0.1, 0.15) is 0 Å². The fraction of sp³-hybridized carbons (Fsp3) is 0. The van der Waals surface area contributed by atoms with E-state index in [1.165, 1.54) is 57.5 Å². The van der Waals surface area contributed by atoms with Crippen LogP contribution in [0.15, 0.2) is 121 Å². The van der Waals surface area contributed by atoms with Crippen molar-refractivity contribution < 1.29 is 0 Å². The van der Waals surface area contributed by atoms with Gasteiger partial charge in [0, 0.05) is 63.1 Å². The molecule has 6 aromatic carbocycles. The molecule has 0 aliphatic rings. The highest BCUT2D eigenvalue weighted by molar-refractivity contribution is 7.27. The van der Waals surface area contributed by atoms with Crippen LogP contribution in [0.25, 0.3) is 90.0 Å². The first-order chi connectivity index (χ1) is 21.7. The average molecular weight is 618 g/mol. The molecule has 0 saturated heterocycles. The molecule has 0 spiro atoms. The van der Waals surface area contributed by atoms with Crippen LogP contribution in [0.5, 0.6) is 0 Å². The average Bonchev–Trinajstić information content (AvgIpc) is 3.74. The Morgan fingerprint density at radius 1 is 0.545 bits per heavy atom. The molecule has 206 valence electrons. The van der Waals surface area contributed by atoms with Gasteiger partial charge in [0.25, 0.3) is 0 Å². The van der Waals surface area contributed by atoms with Crippen molar-refractivity contribution in [2.75, 3.05) is 0 Å². The topological polar surface area (TPSA) is 30.7 Å². The number of fused-ring (bicyclic) bond motifs is 13. The van der Waals surface area contributed by atoms with Gasteiger partial charge in [0.05, 0.1) is 26.9 Å². The molecule has 0 aliphatic carbocycles. The van der Waals surface area contributed by atoms with Crippen LogP contribution in [0.1, 0.15) is 0 Å². The van der Waals surface area contributed by atoms with Crippen molar-refractivity contribution in [3.63, 3.8) is 0 Å². The van der Waals surface area contributed by atoms with Gasteiger partial charge in [-0.25, -0.2) is 9.97 Å². The molecule has 0 saturated carbocycles. The Bertz CT molecular complexity index is 2800. The lowest BCUT2D eigenvalue weighted by Crippen LogP contribution is -1.96. The SMILES string of the molecule is Clc1nc(-c2cccc(-n3c4ccccc4c4c5c6ccccc6sc5c5ccccc5c43)c2)c2sc3ccccc3c2n1. The molecule has 10 aromatic rings. The summed E-state index contributed by atoms with van der Waals surface area (Å²) >= 11 is 10.2. The Labute approximate surface area is 264 Å². The fourth-order valence-corrected chi connectivity index (χ4v) is 9.51. The summed E-state index contributed by atoms with van der Waals surface area (Å²) in [6.07, 6.45) is 0. The van der Waals surface area contributed by atoms with E-state index in [0.717, 1.165) is 32.5 Å². The van der Waals surface area contributed by atoms with E-state index in [1.54, 1.807) is 11.3 Å². The molecule has 0 fully saturated rings. The lowest BCUT2D eigenvalue weighted by Gasteiger charge is -2.12. The third-order valence-corrected chi connectivity index (χ3v) is 11.3. The zero-order valence-corrected chi connectivity index (χ0v) is 25.5. The smallest absolute Gasteiger partial charge is 0.223 e. The van der Waals surface area contributed by atoms with Gasteiger partial charge in [0.15, 0.2) is 0 Å². The van der Waals surface area contributed by atoms with Crippen LogP contribution in [-0.2, 0) is 0 Å². The molecule has 3 nitrogen and oxygen atoms in total. The predicted octanol–water partition coefficient (Wildman–Crippen LogP) is 11.8. The molecule has 4 aromatic heterocycles. The third kappa shape index (κ3) is 3.32. The van der Waals surface area contributed by atoms with Crippen molar-refractivity contribution in [1.29, 1.82) is 0 Å². The molecule has 4 heterocycles. The molecule has 0 N–H and O–H groups in total. The van der Waals surface area contributed by atoms with Gasteiger partial charge in [-0.1, -0.05) is 91.0 Å². The summed E-state index contributed by atoms with van der Waals surface area (Å²) in [5, 5.41) is 9.10. The van der Waals surface area contributed by atoms with Crippen LogP contribution in [-0.4, -0.2) is 14.5 Å². The maximum Gasteiger partial charge on any atom is 0.223 e. The summed E-state index contributed by atoms with van der Waals surface area (Å²) in [6.45, 7) is 0. The number of para-hydroxylation sites is 1. The number of rotatable bonds is 2. The molecule has 0 amide bonds. The van der Waals surface area contributed by atoms with E-state index in [4.69, 9.17) is 16.6 Å². The van der Waals surface area contributed by atoms with Gasteiger partial charge in [-0.15, -0.1) is 22.7 Å². The van der Waals surface area contributed by atoms with E-state index in [2.05, 4.69) is 125 Å². The molecule has 0 unspecified atom stereocenters. The second-order valence-electron chi connectivity index (χ2n) is 11.1. The number of aromatic nitrogens is 3. The number of nitrogens with zero attached hydrogens (tertiary/aromatic N) is 3. The van der Waals surface area contributed by atoms with Gasteiger partial charge < -0.3 is 4.57 Å². The van der Waals surface area contributed by atoms with Crippen LogP contribution < -0.4 is 0 Å². The van der Waals surface area contributed by atoms with Gasteiger partial charge in [-0.05, 0) is 41.9 Å². The van der Waals surface area contributed by atoms with Gasteiger partial charge in [-0.3, -0.25) is 0 Å². The summed E-state index contributed by atoms with van der Waals surface area (Å²) in [5.41, 5.74) is 6.27. The lowest BCUT2D eigenvalue weighted by atomic mass is 10.00. The quantitative estimate of drug-likeness (QED) is 0.181. The highest BCUT2D eigenvalue weighted by Crippen LogP contribution is 2.48. The van der Waals surface area contributed by atoms with E-state index in [-0.39, 0.29) is 5.28 Å². The molecule has 44 heavy (non-hydrogen) atoms. The third-order valence-electron chi connectivity index (χ3n) is 8.72. The first-order valence-electron chi connectivity index (χ1n) is 14.5. The van der Waals surface area contributed by atoms with Crippen molar-refractivity contribution in [2.24, 2.45) is 0 Å². The minimum Gasteiger partial charge on any atom is -0.309 e. The summed E-state index contributed by atoms with van der Waals surface area (Å²) in [4.78, 5) is 9.44. The van der Waals surface area contributed by atoms with Crippen LogP contribution in [0.3, 0.4) is 0 Å². The van der Waals surface area contributed by atoms with E-state index < -0.39 is 0 Å². The highest BCUT2D eigenvalue weighted by Gasteiger charge is 2.22. The molecule has 0 atom stereocenters. The summed E-state index contributed by atoms with van der Waals surface area (Å²) in [6, 6.07) is 43.5. The Morgan fingerprint density at radius 2 is 1.20 bits per heavy atom. The van der Waals surface area contributed by atoms with Crippen LogP contribution in [0, 0.1) is 0 Å². The molecule has 0 radical (unpaired) electrons. The molecule has 0 bridgehead atoms. The predicted molar refractivity (Wildman–Crippen MR) is 190 cm³/mol. The second-order valence-corrected chi connectivity index (χ2v) is 13.5. The van der Waals surface area contributed by atoms with E-state index >= 15 is 0 Å². The number of halogens is 1. The van der Waals surface area contributed by atoms with Gasteiger partial charge in [-0.2, -0.15) is 0 Å². The van der Waals surface area contributed by atoms with Gasteiger partial charge in [0.2, 0.25) is 5.28 Å². The highest BCUT2D eigenvalue weighted by atomic mass is 35.5. The number of hydrogen-bond acceptors (Lipinski definition) is 4. The minimum absolute atomic E-state index is 0.260. The lowest BCUT2D eigenvalue weighted by molar-refractivity contribution is 1.18. The molecule has 10 rings (SSSR count). The largest absolute Gasteiger partial charge is 0.309 e.